The third-order valence-corrected chi connectivity index (χ3v) is 6.06. The number of halogens is 1. The van der Waals surface area contributed by atoms with Gasteiger partial charge in [0, 0.05) is 37.2 Å². The van der Waals surface area contributed by atoms with Crippen LogP contribution in [-0.4, -0.2) is 55.6 Å². The van der Waals surface area contributed by atoms with E-state index in [-0.39, 0.29) is 12.1 Å². The normalized spacial score (nSPS) is 16.4. The number of carbonyl (C=O) groups is 1. The molecule has 0 aromatic heterocycles. The van der Waals surface area contributed by atoms with E-state index < -0.39 is 10.0 Å². The number of hydrogen-bond donors (Lipinski definition) is 1. The van der Waals surface area contributed by atoms with Crippen molar-refractivity contribution in [3.8, 4) is 0 Å². The largest absolute Gasteiger partial charge is 0.334 e. The number of amides is 2. The average Bonchev–Trinajstić information content (AvgIpc) is 2.54. The molecule has 1 aromatic carbocycles. The summed E-state index contributed by atoms with van der Waals surface area (Å²) in [6.45, 7) is 3.77. The number of hydrogen-bond acceptors (Lipinski definition) is 3. The molecular weight excluding hydrogens is 350 g/mol. The Labute approximate surface area is 148 Å². The second-order valence-corrected chi connectivity index (χ2v) is 8.28. The van der Waals surface area contributed by atoms with E-state index in [2.05, 4.69) is 5.32 Å². The van der Waals surface area contributed by atoms with E-state index in [4.69, 9.17) is 11.6 Å². The molecule has 2 rings (SSSR count). The van der Waals surface area contributed by atoms with Crippen molar-refractivity contribution in [3.05, 3.63) is 34.9 Å². The van der Waals surface area contributed by atoms with Crippen molar-refractivity contribution in [1.82, 2.24) is 14.5 Å². The van der Waals surface area contributed by atoms with Gasteiger partial charge in [0.1, 0.15) is 0 Å². The van der Waals surface area contributed by atoms with Gasteiger partial charge in [-0.05, 0) is 24.5 Å². The number of piperidine rings is 1. The van der Waals surface area contributed by atoms with Crippen LogP contribution in [0.25, 0.3) is 0 Å². The van der Waals surface area contributed by atoms with Crippen molar-refractivity contribution in [2.75, 3.05) is 25.9 Å². The predicted octanol–water partition coefficient (Wildman–Crippen LogP) is 2.30. The molecule has 1 aromatic rings. The number of benzene rings is 1. The van der Waals surface area contributed by atoms with Gasteiger partial charge in [-0.3, -0.25) is 0 Å². The number of nitrogens with one attached hydrogen (secondary N) is 1. The third kappa shape index (κ3) is 4.84. The Morgan fingerprint density at radius 2 is 1.96 bits per heavy atom. The number of sulfonamides is 1. The fourth-order valence-electron chi connectivity index (χ4n) is 3.04. The van der Waals surface area contributed by atoms with Crippen LogP contribution in [0.4, 0.5) is 4.79 Å². The molecule has 1 N–H and O–H groups in total. The molecule has 24 heavy (non-hydrogen) atoms. The molecule has 0 saturated carbocycles. The van der Waals surface area contributed by atoms with Gasteiger partial charge in [-0.25, -0.2) is 13.2 Å². The molecule has 1 aliphatic heterocycles. The summed E-state index contributed by atoms with van der Waals surface area (Å²) < 4.78 is 25.1. The Bertz CT molecular complexity index is 673. The Kier molecular flexibility index (Phi) is 6.48. The monoisotopic (exact) mass is 373 g/mol. The maximum Gasteiger partial charge on any atom is 0.317 e. The first-order chi connectivity index (χ1) is 11.3. The lowest BCUT2D eigenvalue weighted by Gasteiger charge is -2.36. The van der Waals surface area contributed by atoms with Crippen molar-refractivity contribution in [2.45, 2.75) is 32.4 Å². The minimum Gasteiger partial charge on any atom is -0.334 e. The van der Waals surface area contributed by atoms with Crippen LogP contribution in [0.2, 0.25) is 5.02 Å². The van der Waals surface area contributed by atoms with Gasteiger partial charge in [-0.1, -0.05) is 36.7 Å². The minimum atomic E-state index is -3.20. The van der Waals surface area contributed by atoms with E-state index in [1.54, 1.807) is 11.0 Å². The van der Waals surface area contributed by atoms with E-state index in [9.17, 15) is 13.2 Å². The molecule has 0 radical (unpaired) electrons. The minimum absolute atomic E-state index is 0.0300. The Balaban J connectivity index is 1.86. The van der Waals surface area contributed by atoms with Gasteiger partial charge in [0.05, 0.1) is 6.26 Å². The van der Waals surface area contributed by atoms with E-state index in [0.717, 1.165) is 5.56 Å². The highest BCUT2D eigenvalue weighted by molar-refractivity contribution is 7.88. The molecule has 8 heteroatoms. The summed E-state index contributed by atoms with van der Waals surface area (Å²) >= 11 is 6.08. The summed E-state index contributed by atoms with van der Waals surface area (Å²) in [6, 6.07) is 7.22. The Morgan fingerprint density at radius 3 is 2.50 bits per heavy atom. The van der Waals surface area contributed by atoms with Crippen molar-refractivity contribution in [1.29, 1.82) is 0 Å². The van der Waals surface area contributed by atoms with Crippen molar-refractivity contribution in [3.63, 3.8) is 0 Å². The maximum absolute atomic E-state index is 12.3. The number of rotatable bonds is 5. The first-order valence-corrected chi connectivity index (χ1v) is 10.3. The predicted molar refractivity (Wildman–Crippen MR) is 95.5 cm³/mol. The van der Waals surface area contributed by atoms with Crippen molar-refractivity contribution in [2.24, 2.45) is 0 Å². The molecule has 1 saturated heterocycles. The second kappa shape index (κ2) is 8.18. The first-order valence-electron chi connectivity index (χ1n) is 8.06. The van der Waals surface area contributed by atoms with E-state index >= 15 is 0 Å². The zero-order chi connectivity index (χ0) is 17.7. The smallest absolute Gasteiger partial charge is 0.317 e. The van der Waals surface area contributed by atoms with Crippen LogP contribution in [0.3, 0.4) is 0 Å². The average molecular weight is 374 g/mol. The molecule has 1 aliphatic rings. The van der Waals surface area contributed by atoms with Crippen LogP contribution in [0.15, 0.2) is 24.3 Å². The van der Waals surface area contributed by atoms with Crippen molar-refractivity contribution < 1.29 is 13.2 Å². The zero-order valence-electron chi connectivity index (χ0n) is 14.0. The third-order valence-electron chi connectivity index (χ3n) is 4.28. The summed E-state index contributed by atoms with van der Waals surface area (Å²) in [6.07, 6.45) is 2.54. The van der Waals surface area contributed by atoms with Crippen LogP contribution in [0.5, 0.6) is 0 Å². The standard InChI is InChI=1S/C16H24ClN3O3S/c1-3-20(24(2,22)23)14-8-10-19(11-9-14)16(21)18-12-13-6-4-5-7-15(13)17/h4-7,14H,3,8-12H2,1-2H3,(H,18,21). The van der Waals surface area contributed by atoms with E-state index in [1.807, 2.05) is 25.1 Å². The molecule has 6 nitrogen and oxygen atoms in total. The molecule has 1 heterocycles. The van der Waals surface area contributed by atoms with E-state index in [0.29, 0.717) is 44.0 Å². The van der Waals surface area contributed by atoms with Gasteiger partial charge in [-0.2, -0.15) is 4.31 Å². The highest BCUT2D eigenvalue weighted by atomic mass is 35.5. The molecule has 134 valence electrons. The van der Waals surface area contributed by atoms with Crippen LogP contribution in [0, 0.1) is 0 Å². The highest BCUT2D eigenvalue weighted by Crippen LogP contribution is 2.19. The lowest BCUT2D eigenvalue weighted by Crippen LogP contribution is -2.50. The SMILES string of the molecule is CCN(C1CCN(C(=O)NCc2ccccc2Cl)CC1)S(C)(=O)=O. The lowest BCUT2D eigenvalue weighted by atomic mass is 10.1. The quantitative estimate of drug-likeness (QED) is 0.860. The zero-order valence-corrected chi connectivity index (χ0v) is 15.6. The summed E-state index contributed by atoms with van der Waals surface area (Å²) in [4.78, 5) is 14.0. The maximum atomic E-state index is 12.3. The van der Waals surface area contributed by atoms with E-state index in [1.165, 1.54) is 10.6 Å². The van der Waals surface area contributed by atoms with Crippen LogP contribution in [0.1, 0.15) is 25.3 Å². The van der Waals surface area contributed by atoms with Gasteiger partial charge >= 0.3 is 6.03 Å². The molecule has 0 bridgehead atoms. The molecule has 1 fully saturated rings. The number of urea groups is 1. The molecule has 0 spiro atoms. The summed E-state index contributed by atoms with van der Waals surface area (Å²) in [7, 11) is -3.20. The lowest BCUT2D eigenvalue weighted by molar-refractivity contribution is 0.159. The molecular formula is C16H24ClN3O3S. The molecule has 0 aliphatic carbocycles. The Morgan fingerprint density at radius 1 is 1.33 bits per heavy atom. The summed E-state index contributed by atoms with van der Waals surface area (Å²) in [5.41, 5.74) is 0.872. The molecule has 2 amide bonds. The van der Waals surface area contributed by atoms with Gasteiger partial charge in [-0.15, -0.1) is 0 Å². The van der Waals surface area contributed by atoms with Gasteiger partial charge < -0.3 is 10.2 Å². The second-order valence-electron chi connectivity index (χ2n) is 5.93. The highest BCUT2D eigenvalue weighted by Gasteiger charge is 2.30. The number of carbonyl (C=O) groups excluding carboxylic acids is 1. The van der Waals surface area contributed by atoms with Crippen LogP contribution < -0.4 is 5.32 Å². The molecule has 0 atom stereocenters. The fourth-order valence-corrected chi connectivity index (χ4v) is 4.47. The fraction of sp³-hybridized carbons (Fsp3) is 0.562. The number of likely N-dealkylation sites (tertiary alicyclic amines) is 1. The summed E-state index contributed by atoms with van der Waals surface area (Å²) in [5, 5.41) is 3.50. The molecule has 0 unspecified atom stereocenters. The first kappa shape index (κ1) is 19.0. The summed E-state index contributed by atoms with van der Waals surface area (Å²) in [5.74, 6) is 0. The van der Waals surface area contributed by atoms with Gasteiger partial charge in [0.15, 0.2) is 0 Å². The topological polar surface area (TPSA) is 69.7 Å². The number of nitrogens with zero attached hydrogens (tertiary/aromatic N) is 2. The Hall–Kier alpha value is -1.31. The van der Waals surface area contributed by atoms with Crippen LogP contribution in [-0.2, 0) is 16.6 Å². The van der Waals surface area contributed by atoms with Gasteiger partial charge in [0.2, 0.25) is 10.0 Å². The van der Waals surface area contributed by atoms with Gasteiger partial charge in [0.25, 0.3) is 0 Å². The van der Waals surface area contributed by atoms with Crippen LogP contribution >= 0.6 is 11.6 Å². The van der Waals surface area contributed by atoms with Crippen molar-refractivity contribution >= 4 is 27.7 Å².